The molecule has 0 atom stereocenters. The maximum Gasteiger partial charge on any atom is 0.142 e. The van der Waals surface area contributed by atoms with Gasteiger partial charge in [-0.05, 0) is 30.2 Å². The van der Waals surface area contributed by atoms with E-state index in [0.717, 1.165) is 11.1 Å². The average molecular weight is 190 g/mol. The van der Waals surface area contributed by atoms with E-state index in [4.69, 9.17) is 16.8 Å². The summed E-state index contributed by atoms with van der Waals surface area (Å²) in [5.74, 6) is -0.434. The summed E-state index contributed by atoms with van der Waals surface area (Å²) >= 11 is 5.54. The lowest BCUT2D eigenvalue weighted by Crippen LogP contribution is -2.07. The number of hydrogen-bond donors (Lipinski definition) is 2. The van der Waals surface area contributed by atoms with Crippen LogP contribution in [-0.2, 0) is 6.54 Å². The number of rotatable bonds is 2. The minimum Gasteiger partial charge on any atom is -0.316 e. The summed E-state index contributed by atoms with van der Waals surface area (Å²) in [5.41, 5.74) is 3.53. The van der Waals surface area contributed by atoms with Crippen LogP contribution in [0.4, 0.5) is 4.39 Å². The van der Waals surface area contributed by atoms with Gasteiger partial charge in [-0.25, -0.2) is 9.87 Å². The maximum atomic E-state index is 12.8. The Balaban J connectivity index is 3.05. The molecule has 0 radical (unpaired) electrons. The SMILES string of the molecule is Cc1cc(F)c(Cl)cc1CNO. The predicted molar refractivity (Wildman–Crippen MR) is 44.8 cm³/mol. The van der Waals surface area contributed by atoms with Crippen LogP contribution in [0.5, 0.6) is 0 Å². The Morgan fingerprint density at radius 1 is 1.58 bits per heavy atom. The lowest BCUT2D eigenvalue weighted by Gasteiger charge is -2.05. The van der Waals surface area contributed by atoms with Gasteiger partial charge in [0.1, 0.15) is 5.82 Å². The molecule has 0 saturated heterocycles. The number of aryl methyl sites for hydroxylation is 1. The highest BCUT2D eigenvalue weighted by Crippen LogP contribution is 2.19. The smallest absolute Gasteiger partial charge is 0.142 e. The second-order valence-corrected chi connectivity index (χ2v) is 2.93. The summed E-state index contributed by atoms with van der Waals surface area (Å²) in [6.45, 7) is 2.03. The molecule has 0 aliphatic heterocycles. The zero-order valence-electron chi connectivity index (χ0n) is 6.56. The molecule has 0 amide bonds. The van der Waals surface area contributed by atoms with E-state index in [0.29, 0.717) is 0 Å². The number of hydroxylamine groups is 1. The molecule has 4 heteroatoms. The highest BCUT2D eigenvalue weighted by molar-refractivity contribution is 6.30. The predicted octanol–water partition coefficient (Wildman–Crippen LogP) is 2.27. The maximum absolute atomic E-state index is 12.8. The van der Waals surface area contributed by atoms with Crippen LogP contribution in [0.3, 0.4) is 0 Å². The van der Waals surface area contributed by atoms with Crippen molar-refractivity contribution in [1.82, 2.24) is 5.48 Å². The molecule has 0 fully saturated rings. The van der Waals surface area contributed by atoms with Gasteiger partial charge in [0.2, 0.25) is 0 Å². The van der Waals surface area contributed by atoms with Crippen molar-refractivity contribution in [3.8, 4) is 0 Å². The third kappa shape index (κ3) is 1.94. The van der Waals surface area contributed by atoms with Crippen LogP contribution >= 0.6 is 11.6 Å². The molecule has 0 saturated carbocycles. The zero-order chi connectivity index (χ0) is 9.14. The minimum absolute atomic E-state index is 0.0749. The first-order chi connectivity index (χ1) is 5.65. The monoisotopic (exact) mass is 189 g/mol. The van der Waals surface area contributed by atoms with Gasteiger partial charge in [-0.15, -0.1) is 0 Å². The highest BCUT2D eigenvalue weighted by Gasteiger charge is 2.04. The van der Waals surface area contributed by atoms with Gasteiger partial charge in [-0.3, -0.25) is 0 Å². The molecule has 2 nitrogen and oxygen atoms in total. The average Bonchev–Trinajstić information content (AvgIpc) is 2.01. The normalized spacial score (nSPS) is 10.3. The Bertz CT molecular complexity index is 291. The van der Waals surface area contributed by atoms with E-state index >= 15 is 0 Å². The van der Waals surface area contributed by atoms with Gasteiger partial charge in [0, 0.05) is 6.54 Å². The fourth-order valence-electron chi connectivity index (χ4n) is 0.963. The second-order valence-electron chi connectivity index (χ2n) is 2.53. The molecule has 0 aliphatic carbocycles. The van der Waals surface area contributed by atoms with E-state index in [-0.39, 0.29) is 11.6 Å². The van der Waals surface area contributed by atoms with Crippen LogP contribution in [-0.4, -0.2) is 5.21 Å². The van der Waals surface area contributed by atoms with Crippen LogP contribution in [0, 0.1) is 12.7 Å². The van der Waals surface area contributed by atoms with Crippen molar-refractivity contribution in [2.75, 3.05) is 0 Å². The molecular weight excluding hydrogens is 181 g/mol. The van der Waals surface area contributed by atoms with E-state index in [2.05, 4.69) is 0 Å². The summed E-state index contributed by atoms with van der Waals surface area (Å²) < 4.78 is 12.8. The van der Waals surface area contributed by atoms with E-state index in [1.807, 2.05) is 5.48 Å². The fourth-order valence-corrected chi connectivity index (χ4v) is 1.15. The second kappa shape index (κ2) is 3.85. The standard InChI is InChI=1S/C8H9ClFNO/c1-5-2-8(10)7(9)3-6(5)4-11-12/h2-3,11-12H,4H2,1H3. The van der Waals surface area contributed by atoms with Crippen LogP contribution in [0.1, 0.15) is 11.1 Å². The summed E-state index contributed by atoms with van der Waals surface area (Å²) in [6.07, 6.45) is 0. The van der Waals surface area contributed by atoms with Crippen LogP contribution in [0.25, 0.3) is 0 Å². The van der Waals surface area contributed by atoms with Gasteiger partial charge < -0.3 is 5.21 Å². The molecule has 0 aliphatic rings. The van der Waals surface area contributed by atoms with Crippen molar-refractivity contribution >= 4 is 11.6 Å². The van der Waals surface area contributed by atoms with Crippen molar-refractivity contribution in [2.45, 2.75) is 13.5 Å². The van der Waals surface area contributed by atoms with Crippen molar-refractivity contribution in [2.24, 2.45) is 0 Å². The largest absolute Gasteiger partial charge is 0.316 e. The molecule has 0 spiro atoms. The van der Waals surface area contributed by atoms with Crippen LogP contribution < -0.4 is 5.48 Å². The summed E-state index contributed by atoms with van der Waals surface area (Å²) in [6, 6.07) is 2.84. The first-order valence-electron chi connectivity index (χ1n) is 3.46. The van der Waals surface area contributed by atoms with E-state index in [9.17, 15) is 4.39 Å². The number of halogens is 2. The van der Waals surface area contributed by atoms with E-state index < -0.39 is 5.82 Å². The van der Waals surface area contributed by atoms with Gasteiger partial charge in [0.25, 0.3) is 0 Å². The Hall–Kier alpha value is -0.640. The minimum atomic E-state index is -0.434. The zero-order valence-corrected chi connectivity index (χ0v) is 7.32. The topological polar surface area (TPSA) is 32.3 Å². The van der Waals surface area contributed by atoms with E-state index in [1.54, 1.807) is 6.92 Å². The Morgan fingerprint density at radius 3 is 2.83 bits per heavy atom. The first-order valence-corrected chi connectivity index (χ1v) is 3.84. The quantitative estimate of drug-likeness (QED) is 0.700. The van der Waals surface area contributed by atoms with Crippen molar-refractivity contribution in [3.05, 3.63) is 34.1 Å². The number of nitrogens with one attached hydrogen (secondary N) is 1. The molecule has 0 unspecified atom stereocenters. The van der Waals surface area contributed by atoms with Gasteiger partial charge in [0.05, 0.1) is 5.02 Å². The molecule has 1 aromatic rings. The Kier molecular flexibility index (Phi) is 3.03. The number of hydrogen-bond acceptors (Lipinski definition) is 2. The van der Waals surface area contributed by atoms with Gasteiger partial charge in [-0.1, -0.05) is 11.6 Å². The Labute approximate surface area is 74.9 Å². The highest BCUT2D eigenvalue weighted by atomic mass is 35.5. The fraction of sp³-hybridized carbons (Fsp3) is 0.250. The number of benzene rings is 1. The Morgan fingerprint density at radius 2 is 2.25 bits per heavy atom. The van der Waals surface area contributed by atoms with Gasteiger partial charge in [0.15, 0.2) is 0 Å². The van der Waals surface area contributed by atoms with Gasteiger partial charge in [-0.2, -0.15) is 0 Å². The molecule has 0 heterocycles. The molecular formula is C8H9ClFNO. The third-order valence-electron chi connectivity index (χ3n) is 1.65. The van der Waals surface area contributed by atoms with Crippen LogP contribution in [0.15, 0.2) is 12.1 Å². The molecule has 2 N–H and O–H groups in total. The molecule has 66 valence electrons. The third-order valence-corrected chi connectivity index (χ3v) is 1.94. The molecule has 0 bridgehead atoms. The summed E-state index contributed by atoms with van der Waals surface area (Å²) in [7, 11) is 0. The summed E-state index contributed by atoms with van der Waals surface area (Å²) in [4.78, 5) is 0. The van der Waals surface area contributed by atoms with Crippen molar-refractivity contribution in [3.63, 3.8) is 0 Å². The van der Waals surface area contributed by atoms with E-state index in [1.165, 1.54) is 12.1 Å². The van der Waals surface area contributed by atoms with Crippen molar-refractivity contribution in [1.29, 1.82) is 0 Å². The molecule has 1 rings (SSSR count). The van der Waals surface area contributed by atoms with Crippen molar-refractivity contribution < 1.29 is 9.60 Å². The summed E-state index contributed by atoms with van der Waals surface area (Å²) in [5, 5.41) is 8.49. The van der Waals surface area contributed by atoms with Gasteiger partial charge >= 0.3 is 0 Å². The molecule has 0 aromatic heterocycles. The first kappa shape index (κ1) is 9.45. The lowest BCUT2D eigenvalue weighted by atomic mass is 10.1. The molecule has 1 aromatic carbocycles. The van der Waals surface area contributed by atoms with Crippen LogP contribution in [0.2, 0.25) is 5.02 Å². The molecule has 12 heavy (non-hydrogen) atoms. The lowest BCUT2D eigenvalue weighted by molar-refractivity contribution is 0.161.